The van der Waals surface area contributed by atoms with Crippen molar-refractivity contribution in [2.45, 2.75) is 19.8 Å². The molecule has 0 spiro atoms. The molecule has 2 aromatic rings. The number of carbonyl (C=O) groups is 2. The Morgan fingerprint density at radius 1 is 1.04 bits per heavy atom. The molecule has 2 amide bonds. The van der Waals surface area contributed by atoms with Crippen LogP contribution in [0.5, 0.6) is 0 Å². The van der Waals surface area contributed by atoms with Crippen LogP contribution in [0.15, 0.2) is 24.3 Å². The first-order valence-electron chi connectivity index (χ1n) is 9.29. The van der Waals surface area contributed by atoms with Gasteiger partial charge in [-0.1, -0.05) is 18.2 Å². The average Bonchev–Trinajstić information content (AvgIpc) is 3.04. The van der Waals surface area contributed by atoms with E-state index < -0.39 is 0 Å². The van der Waals surface area contributed by atoms with Gasteiger partial charge in [0.1, 0.15) is 0 Å². The molecule has 1 aromatic carbocycles. The molecule has 0 saturated carbocycles. The standard InChI is InChI=1S/C20H24N2O3S/c1-14-16-4-2-3-5-17(16)26-18(14)20(24)21-8-6-15(7-9-21)19(23)22-10-12-25-13-11-22/h2-5,15H,6-13H2,1H3. The van der Waals surface area contributed by atoms with E-state index in [9.17, 15) is 9.59 Å². The smallest absolute Gasteiger partial charge is 0.264 e. The van der Waals surface area contributed by atoms with Crippen molar-refractivity contribution in [1.82, 2.24) is 9.80 Å². The van der Waals surface area contributed by atoms with E-state index in [0.717, 1.165) is 28.0 Å². The number of hydrogen-bond donors (Lipinski definition) is 0. The molecule has 5 nitrogen and oxygen atoms in total. The number of aryl methyl sites for hydroxylation is 1. The van der Waals surface area contributed by atoms with Gasteiger partial charge in [0.2, 0.25) is 5.91 Å². The minimum absolute atomic E-state index is 0.0423. The van der Waals surface area contributed by atoms with E-state index in [1.807, 2.05) is 28.9 Å². The molecule has 0 radical (unpaired) electrons. The van der Waals surface area contributed by atoms with Gasteiger partial charge in [0.05, 0.1) is 18.1 Å². The summed E-state index contributed by atoms with van der Waals surface area (Å²) in [5, 5.41) is 1.17. The van der Waals surface area contributed by atoms with Crippen LogP contribution in [0.25, 0.3) is 10.1 Å². The maximum atomic E-state index is 13.0. The van der Waals surface area contributed by atoms with Gasteiger partial charge in [-0.15, -0.1) is 11.3 Å². The molecule has 3 heterocycles. The number of fused-ring (bicyclic) bond motifs is 1. The number of morpholine rings is 1. The van der Waals surface area contributed by atoms with Crippen LogP contribution in [0, 0.1) is 12.8 Å². The molecule has 26 heavy (non-hydrogen) atoms. The summed E-state index contributed by atoms with van der Waals surface area (Å²) in [4.78, 5) is 30.3. The molecule has 0 bridgehead atoms. The van der Waals surface area contributed by atoms with Crippen LogP contribution in [0.3, 0.4) is 0 Å². The average molecular weight is 372 g/mol. The Bertz CT molecular complexity index is 818. The Kier molecular flexibility index (Phi) is 4.96. The molecule has 6 heteroatoms. The summed E-state index contributed by atoms with van der Waals surface area (Å²) >= 11 is 1.58. The molecule has 4 rings (SSSR count). The van der Waals surface area contributed by atoms with Crippen molar-refractivity contribution in [1.29, 1.82) is 0 Å². The Balaban J connectivity index is 1.41. The minimum Gasteiger partial charge on any atom is -0.378 e. The maximum absolute atomic E-state index is 13.0. The van der Waals surface area contributed by atoms with Crippen LogP contribution in [0.4, 0.5) is 0 Å². The molecule has 2 aliphatic rings. The first-order valence-corrected chi connectivity index (χ1v) is 10.1. The predicted molar refractivity (Wildman–Crippen MR) is 103 cm³/mol. The van der Waals surface area contributed by atoms with E-state index in [0.29, 0.717) is 39.4 Å². The summed E-state index contributed by atoms with van der Waals surface area (Å²) in [6.07, 6.45) is 1.51. The van der Waals surface area contributed by atoms with E-state index >= 15 is 0 Å². The van der Waals surface area contributed by atoms with Gasteiger partial charge in [-0.2, -0.15) is 0 Å². The monoisotopic (exact) mass is 372 g/mol. The van der Waals surface area contributed by atoms with Gasteiger partial charge in [0.15, 0.2) is 0 Å². The number of piperidine rings is 1. The Labute approximate surface area is 157 Å². The normalized spacial score (nSPS) is 19.1. The van der Waals surface area contributed by atoms with E-state index in [2.05, 4.69) is 12.1 Å². The van der Waals surface area contributed by atoms with Gasteiger partial charge in [-0.3, -0.25) is 9.59 Å². The van der Waals surface area contributed by atoms with Gasteiger partial charge < -0.3 is 14.5 Å². The predicted octanol–water partition coefficient (Wildman–Crippen LogP) is 2.92. The quantitative estimate of drug-likeness (QED) is 0.814. The largest absolute Gasteiger partial charge is 0.378 e. The lowest BCUT2D eigenvalue weighted by Gasteiger charge is -2.35. The zero-order chi connectivity index (χ0) is 18.1. The third kappa shape index (κ3) is 3.23. The third-order valence-electron chi connectivity index (χ3n) is 5.49. The first kappa shape index (κ1) is 17.5. The Morgan fingerprint density at radius 2 is 1.73 bits per heavy atom. The summed E-state index contributed by atoms with van der Waals surface area (Å²) in [5.41, 5.74) is 1.07. The van der Waals surface area contributed by atoms with Gasteiger partial charge in [0, 0.05) is 36.8 Å². The number of rotatable bonds is 2. The topological polar surface area (TPSA) is 49.9 Å². The molecular formula is C20H24N2O3S. The van der Waals surface area contributed by atoms with E-state index in [1.54, 1.807) is 11.3 Å². The van der Waals surface area contributed by atoms with Crippen molar-refractivity contribution in [3.63, 3.8) is 0 Å². The molecule has 0 atom stereocenters. The van der Waals surface area contributed by atoms with Crippen molar-refractivity contribution in [3.8, 4) is 0 Å². The van der Waals surface area contributed by atoms with Crippen molar-refractivity contribution >= 4 is 33.2 Å². The van der Waals surface area contributed by atoms with E-state index in [4.69, 9.17) is 4.74 Å². The number of amides is 2. The van der Waals surface area contributed by atoms with Crippen LogP contribution in [0.2, 0.25) is 0 Å². The third-order valence-corrected chi connectivity index (χ3v) is 6.75. The second-order valence-electron chi connectivity index (χ2n) is 7.06. The molecule has 2 saturated heterocycles. The van der Waals surface area contributed by atoms with Crippen molar-refractivity contribution in [3.05, 3.63) is 34.7 Å². The second kappa shape index (κ2) is 7.37. The van der Waals surface area contributed by atoms with Crippen molar-refractivity contribution < 1.29 is 14.3 Å². The highest BCUT2D eigenvalue weighted by Crippen LogP contribution is 2.32. The summed E-state index contributed by atoms with van der Waals surface area (Å²) in [6, 6.07) is 8.16. The van der Waals surface area contributed by atoms with Gasteiger partial charge in [0.25, 0.3) is 5.91 Å². The molecule has 2 fully saturated rings. The molecular weight excluding hydrogens is 348 g/mol. The maximum Gasteiger partial charge on any atom is 0.264 e. The Morgan fingerprint density at radius 3 is 2.42 bits per heavy atom. The summed E-state index contributed by atoms with van der Waals surface area (Å²) in [5.74, 6) is 0.389. The number of thiophene rings is 1. The molecule has 0 N–H and O–H groups in total. The van der Waals surface area contributed by atoms with E-state index in [-0.39, 0.29) is 17.7 Å². The first-order chi connectivity index (χ1) is 12.6. The minimum atomic E-state index is 0.0423. The fourth-order valence-electron chi connectivity index (χ4n) is 3.89. The highest BCUT2D eigenvalue weighted by molar-refractivity contribution is 7.21. The number of likely N-dealkylation sites (tertiary alicyclic amines) is 1. The lowest BCUT2D eigenvalue weighted by atomic mass is 9.95. The van der Waals surface area contributed by atoms with Crippen LogP contribution >= 0.6 is 11.3 Å². The molecule has 0 aliphatic carbocycles. The van der Waals surface area contributed by atoms with Crippen LogP contribution in [0.1, 0.15) is 28.1 Å². The molecule has 138 valence electrons. The van der Waals surface area contributed by atoms with Crippen LogP contribution < -0.4 is 0 Å². The zero-order valence-electron chi connectivity index (χ0n) is 15.1. The number of carbonyl (C=O) groups excluding carboxylic acids is 2. The fraction of sp³-hybridized carbons (Fsp3) is 0.500. The number of ether oxygens (including phenoxy) is 1. The zero-order valence-corrected chi connectivity index (χ0v) is 15.9. The number of nitrogens with zero attached hydrogens (tertiary/aromatic N) is 2. The lowest BCUT2D eigenvalue weighted by Crippen LogP contribution is -2.47. The highest BCUT2D eigenvalue weighted by atomic mass is 32.1. The summed E-state index contributed by atoms with van der Waals surface area (Å²) in [6.45, 7) is 6.00. The number of hydrogen-bond acceptors (Lipinski definition) is 4. The molecule has 2 aliphatic heterocycles. The van der Waals surface area contributed by atoms with Crippen LogP contribution in [-0.4, -0.2) is 61.0 Å². The van der Waals surface area contributed by atoms with Gasteiger partial charge in [-0.25, -0.2) is 0 Å². The molecule has 0 unspecified atom stereocenters. The SMILES string of the molecule is Cc1c(C(=O)N2CCC(C(=O)N3CCOCC3)CC2)sc2ccccc12. The van der Waals surface area contributed by atoms with Crippen LogP contribution in [-0.2, 0) is 9.53 Å². The van der Waals surface area contributed by atoms with E-state index in [1.165, 1.54) is 5.39 Å². The highest BCUT2D eigenvalue weighted by Gasteiger charge is 2.32. The van der Waals surface area contributed by atoms with Crippen molar-refractivity contribution in [2.24, 2.45) is 5.92 Å². The summed E-state index contributed by atoms with van der Waals surface area (Å²) < 4.78 is 6.48. The Hall–Kier alpha value is -1.92. The lowest BCUT2D eigenvalue weighted by molar-refractivity contribution is -0.141. The second-order valence-corrected chi connectivity index (χ2v) is 8.11. The molecule has 1 aromatic heterocycles. The van der Waals surface area contributed by atoms with Gasteiger partial charge in [-0.05, 0) is 36.8 Å². The summed E-state index contributed by atoms with van der Waals surface area (Å²) in [7, 11) is 0. The van der Waals surface area contributed by atoms with Crippen molar-refractivity contribution in [2.75, 3.05) is 39.4 Å². The fourth-order valence-corrected chi connectivity index (χ4v) is 5.07. The van der Waals surface area contributed by atoms with Gasteiger partial charge >= 0.3 is 0 Å². The number of benzene rings is 1.